The Morgan fingerprint density at radius 2 is 2.21 bits per heavy atom. The van der Waals surface area contributed by atoms with E-state index < -0.39 is 0 Å². The lowest BCUT2D eigenvalue weighted by molar-refractivity contribution is 0.482. The van der Waals surface area contributed by atoms with Crippen LogP contribution in [0.25, 0.3) is 0 Å². The maximum absolute atomic E-state index is 5.63. The molecule has 0 saturated carbocycles. The van der Waals surface area contributed by atoms with Crippen molar-refractivity contribution in [1.82, 2.24) is 0 Å². The van der Waals surface area contributed by atoms with Gasteiger partial charge in [0.05, 0.1) is 12.3 Å². The zero-order valence-corrected chi connectivity index (χ0v) is 8.69. The quantitative estimate of drug-likeness (QED) is 0.670. The molecule has 0 fully saturated rings. The summed E-state index contributed by atoms with van der Waals surface area (Å²) in [5.41, 5.74) is 0.891. The second-order valence-corrected chi connectivity index (χ2v) is 3.85. The van der Waals surface area contributed by atoms with E-state index in [1.807, 2.05) is 19.2 Å². The highest BCUT2D eigenvalue weighted by atomic mass is 16.3. The molecule has 0 radical (unpaired) electrons. The summed E-state index contributed by atoms with van der Waals surface area (Å²) in [4.78, 5) is 8.60. The van der Waals surface area contributed by atoms with Gasteiger partial charge in [0.25, 0.3) is 0 Å². The number of hydrogen-bond acceptors (Lipinski definition) is 3. The molecule has 3 nitrogen and oxygen atoms in total. The fourth-order valence-electron chi connectivity index (χ4n) is 1.30. The van der Waals surface area contributed by atoms with Gasteiger partial charge in [0.1, 0.15) is 11.4 Å². The summed E-state index contributed by atoms with van der Waals surface area (Å²) < 4.78 is 5.63. The molecule has 0 aromatic carbocycles. The first-order valence-electron chi connectivity index (χ1n) is 4.88. The van der Waals surface area contributed by atoms with Crippen molar-refractivity contribution in [2.24, 2.45) is 9.98 Å². The monoisotopic (exact) mass is 190 g/mol. The molecule has 1 aliphatic rings. The maximum atomic E-state index is 5.63. The highest BCUT2D eigenvalue weighted by molar-refractivity contribution is 5.88. The SMILES string of the molecule is CC1C=Nc2cc(C(C)C)oc2C=N1. The van der Waals surface area contributed by atoms with Gasteiger partial charge in [-0.05, 0) is 6.92 Å². The summed E-state index contributed by atoms with van der Waals surface area (Å²) in [5.74, 6) is 2.13. The summed E-state index contributed by atoms with van der Waals surface area (Å²) in [6.45, 7) is 6.19. The van der Waals surface area contributed by atoms with Crippen LogP contribution in [-0.2, 0) is 0 Å². The maximum Gasteiger partial charge on any atom is 0.170 e. The molecular formula is C11H14N2O. The Kier molecular flexibility index (Phi) is 2.23. The third-order valence-electron chi connectivity index (χ3n) is 2.18. The van der Waals surface area contributed by atoms with Crippen molar-refractivity contribution >= 4 is 18.1 Å². The van der Waals surface area contributed by atoms with Gasteiger partial charge in [-0.1, -0.05) is 13.8 Å². The van der Waals surface area contributed by atoms with E-state index in [0.717, 1.165) is 17.2 Å². The molecule has 1 aromatic rings. The summed E-state index contributed by atoms with van der Waals surface area (Å²) in [5, 5.41) is 0. The van der Waals surface area contributed by atoms with Crippen LogP contribution in [-0.4, -0.2) is 18.5 Å². The van der Waals surface area contributed by atoms with Gasteiger partial charge in [-0.25, -0.2) is 0 Å². The third kappa shape index (κ3) is 1.62. The van der Waals surface area contributed by atoms with Crippen LogP contribution >= 0.6 is 0 Å². The molecule has 1 aromatic heterocycles. The molecule has 14 heavy (non-hydrogen) atoms. The minimum absolute atomic E-state index is 0.139. The largest absolute Gasteiger partial charge is 0.457 e. The lowest BCUT2D eigenvalue weighted by Crippen LogP contribution is -1.96. The van der Waals surface area contributed by atoms with E-state index in [9.17, 15) is 0 Å². The molecule has 0 amide bonds. The summed E-state index contributed by atoms with van der Waals surface area (Å²) in [6.07, 6.45) is 3.60. The normalized spacial score (nSPS) is 19.9. The van der Waals surface area contributed by atoms with Crippen LogP contribution < -0.4 is 0 Å². The third-order valence-corrected chi connectivity index (χ3v) is 2.18. The molecule has 0 saturated heterocycles. The standard InChI is InChI=1S/C11H14N2O/c1-7(2)10-4-9-11(14-10)6-12-8(3)5-13-9/h4-8H,1-3H3. The Morgan fingerprint density at radius 3 is 2.93 bits per heavy atom. The van der Waals surface area contributed by atoms with E-state index in [4.69, 9.17) is 4.42 Å². The average Bonchev–Trinajstić information content (AvgIpc) is 2.48. The van der Waals surface area contributed by atoms with E-state index in [1.165, 1.54) is 0 Å². The van der Waals surface area contributed by atoms with Gasteiger partial charge >= 0.3 is 0 Å². The molecule has 0 aliphatic carbocycles. The van der Waals surface area contributed by atoms with E-state index in [-0.39, 0.29) is 6.04 Å². The van der Waals surface area contributed by atoms with Crippen LogP contribution in [0.4, 0.5) is 5.69 Å². The van der Waals surface area contributed by atoms with E-state index in [2.05, 4.69) is 23.8 Å². The van der Waals surface area contributed by atoms with Crippen molar-refractivity contribution < 1.29 is 4.42 Å². The first-order chi connectivity index (χ1) is 6.66. The topological polar surface area (TPSA) is 37.9 Å². The molecular weight excluding hydrogens is 176 g/mol. The van der Waals surface area contributed by atoms with Gasteiger partial charge in [-0.2, -0.15) is 0 Å². The summed E-state index contributed by atoms with van der Waals surface area (Å²) in [7, 11) is 0. The molecule has 2 rings (SSSR count). The fraction of sp³-hybridized carbons (Fsp3) is 0.455. The van der Waals surface area contributed by atoms with Crippen molar-refractivity contribution in [3.05, 3.63) is 17.6 Å². The molecule has 1 unspecified atom stereocenters. The smallest absolute Gasteiger partial charge is 0.170 e. The lowest BCUT2D eigenvalue weighted by atomic mass is 10.1. The highest BCUT2D eigenvalue weighted by Gasteiger charge is 2.13. The molecule has 0 N–H and O–H groups in total. The van der Waals surface area contributed by atoms with Gasteiger partial charge in [-0.3, -0.25) is 9.98 Å². The van der Waals surface area contributed by atoms with Gasteiger partial charge in [0.15, 0.2) is 5.76 Å². The molecule has 2 heterocycles. The average molecular weight is 190 g/mol. The molecule has 0 spiro atoms. The van der Waals surface area contributed by atoms with Crippen LogP contribution in [0.5, 0.6) is 0 Å². The van der Waals surface area contributed by atoms with Gasteiger partial charge in [0, 0.05) is 18.2 Å². The molecule has 3 heteroatoms. The van der Waals surface area contributed by atoms with Crippen molar-refractivity contribution in [2.45, 2.75) is 32.7 Å². The van der Waals surface area contributed by atoms with Gasteiger partial charge < -0.3 is 4.42 Å². The predicted molar refractivity (Wildman–Crippen MR) is 58.0 cm³/mol. The lowest BCUT2D eigenvalue weighted by Gasteiger charge is -1.97. The number of hydrogen-bond donors (Lipinski definition) is 0. The fourth-order valence-corrected chi connectivity index (χ4v) is 1.30. The summed E-state index contributed by atoms with van der Waals surface area (Å²) >= 11 is 0. The summed E-state index contributed by atoms with van der Waals surface area (Å²) in [6, 6.07) is 2.13. The van der Waals surface area contributed by atoms with E-state index in [1.54, 1.807) is 6.21 Å². The molecule has 0 bridgehead atoms. The van der Waals surface area contributed by atoms with Crippen molar-refractivity contribution in [1.29, 1.82) is 0 Å². The number of aliphatic imine (C=N–C) groups is 2. The number of furan rings is 1. The van der Waals surface area contributed by atoms with Crippen LogP contribution in [0, 0.1) is 0 Å². The van der Waals surface area contributed by atoms with Gasteiger partial charge in [0.2, 0.25) is 0 Å². The zero-order chi connectivity index (χ0) is 10.1. The van der Waals surface area contributed by atoms with Crippen LogP contribution in [0.1, 0.15) is 38.2 Å². The minimum Gasteiger partial charge on any atom is -0.457 e. The first-order valence-corrected chi connectivity index (χ1v) is 4.88. The Morgan fingerprint density at radius 1 is 1.43 bits per heavy atom. The Labute approximate surface area is 83.6 Å². The van der Waals surface area contributed by atoms with Gasteiger partial charge in [-0.15, -0.1) is 0 Å². The number of rotatable bonds is 1. The van der Waals surface area contributed by atoms with Crippen molar-refractivity contribution in [2.75, 3.05) is 0 Å². The number of nitrogens with zero attached hydrogens (tertiary/aromatic N) is 2. The molecule has 1 aliphatic heterocycles. The van der Waals surface area contributed by atoms with Crippen LogP contribution in [0.2, 0.25) is 0 Å². The Balaban J connectivity index is 2.41. The van der Waals surface area contributed by atoms with Crippen molar-refractivity contribution in [3.8, 4) is 0 Å². The van der Waals surface area contributed by atoms with Crippen LogP contribution in [0.15, 0.2) is 20.5 Å². The van der Waals surface area contributed by atoms with Crippen molar-refractivity contribution in [3.63, 3.8) is 0 Å². The Bertz CT molecular complexity index is 356. The zero-order valence-electron chi connectivity index (χ0n) is 8.69. The van der Waals surface area contributed by atoms with E-state index in [0.29, 0.717) is 5.92 Å². The predicted octanol–water partition coefficient (Wildman–Crippen LogP) is 2.93. The highest BCUT2D eigenvalue weighted by Crippen LogP contribution is 2.28. The minimum atomic E-state index is 0.139. The molecule has 1 atom stereocenters. The second kappa shape index (κ2) is 3.40. The molecule has 74 valence electrons. The Hall–Kier alpha value is -1.38. The number of fused-ring (bicyclic) bond motifs is 1. The second-order valence-electron chi connectivity index (χ2n) is 3.85. The van der Waals surface area contributed by atoms with E-state index >= 15 is 0 Å². The van der Waals surface area contributed by atoms with Crippen LogP contribution in [0.3, 0.4) is 0 Å². The first kappa shape index (κ1) is 9.19.